The molecule has 0 aliphatic carbocycles. The Kier molecular flexibility index (Phi) is 36.2. The minimum atomic E-state index is -0.880. The summed E-state index contributed by atoms with van der Waals surface area (Å²) in [6, 6.07) is 21.7. The average molecular weight is 1130 g/mol. The van der Waals surface area contributed by atoms with Gasteiger partial charge < -0.3 is 42.6 Å². The van der Waals surface area contributed by atoms with Gasteiger partial charge in [-0.05, 0) is 91.6 Å². The molecule has 0 aromatic heterocycles. The van der Waals surface area contributed by atoms with Gasteiger partial charge in [-0.2, -0.15) is 0 Å². The first-order valence-electron chi connectivity index (χ1n) is 29.4. The number of carbonyl (C=O) groups is 6. The van der Waals surface area contributed by atoms with Crippen LogP contribution in [0.1, 0.15) is 190 Å². The lowest BCUT2D eigenvalue weighted by atomic mass is 10.1. The predicted molar refractivity (Wildman–Crippen MR) is 315 cm³/mol. The summed E-state index contributed by atoms with van der Waals surface area (Å²) in [5.74, 6) is -0.282. The van der Waals surface area contributed by atoms with Gasteiger partial charge in [0.2, 0.25) is 0 Å². The van der Waals surface area contributed by atoms with Gasteiger partial charge in [-0.25, -0.2) is 14.4 Å². The Morgan fingerprint density at radius 2 is 0.568 bits per heavy atom. The Morgan fingerprint density at radius 3 is 0.827 bits per heavy atom. The molecule has 0 heterocycles. The maximum absolute atomic E-state index is 13.0. The van der Waals surface area contributed by atoms with Crippen molar-refractivity contribution >= 4 is 52.5 Å². The number of benzene rings is 3. The number of hydrogen-bond acceptors (Lipinski definition) is 15. The molecule has 3 aromatic carbocycles. The molecule has 0 saturated carbocycles. The lowest BCUT2D eigenvalue weighted by Crippen LogP contribution is -2.30. The molecular formula is C66H92O15. The Balaban J connectivity index is 1.27. The lowest BCUT2D eigenvalue weighted by Gasteiger charge is -2.18. The van der Waals surface area contributed by atoms with E-state index < -0.39 is 30.0 Å². The van der Waals surface area contributed by atoms with Crippen LogP contribution in [-0.4, -0.2) is 96.3 Å². The van der Waals surface area contributed by atoms with Gasteiger partial charge in [-0.15, -0.1) is 0 Å². The highest BCUT2D eigenvalue weighted by Crippen LogP contribution is 2.23. The van der Waals surface area contributed by atoms with Crippen LogP contribution in [0, 0.1) is 0 Å². The van der Waals surface area contributed by atoms with Gasteiger partial charge in [-0.3, -0.25) is 14.4 Å². The molecule has 0 spiro atoms. The van der Waals surface area contributed by atoms with E-state index in [9.17, 15) is 28.8 Å². The van der Waals surface area contributed by atoms with E-state index in [0.29, 0.717) is 72.5 Å². The lowest BCUT2D eigenvalue weighted by molar-refractivity contribution is -0.167. The standard InChI is InChI=1S/C66H92O15/c1-51(64(70)73-4)54-34-40-57(41-35-54)76-46-28-22-16-10-7-13-19-25-31-61(67)79-49-60(81-63(69)33-27-21-15-9-12-18-24-30-48-78-59-44-38-56(39-45-59)53(3)66(72)75-6)50-80-62(68)32-26-20-14-8-11-17-23-29-47-77-58-42-36-55(37-43-58)52(2)65(71)74-5/h34-45,60H,1-3,7-33,46-50H2,4-6H3. The molecule has 0 bridgehead atoms. The first-order chi connectivity index (χ1) is 39.3. The summed E-state index contributed by atoms with van der Waals surface area (Å²) < 4.78 is 48.6. The third kappa shape index (κ3) is 31.0. The topological polar surface area (TPSA) is 185 Å². The number of rotatable bonds is 47. The number of esters is 6. The molecule has 0 amide bonds. The molecule has 0 N–H and O–H groups in total. The molecule has 0 fully saturated rings. The number of methoxy groups -OCH3 is 3. The molecule has 15 heteroatoms. The average Bonchev–Trinajstić information content (AvgIpc) is 3.49. The monoisotopic (exact) mass is 1120 g/mol. The van der Waals surface area contributed by atoms with E-state index in [2.05, 4.69) is 19.7 Å². The first-order valence-corrected chi connectivity index (χ1v) is 29.4. The Morgan fingerprint density at radius 1 is 0.333 bits per heavy atom. The van der Waals surface area contributed by atoms with Gasteiger partial charge in [0.25, 0.3) is 0 Å². The van der Waals surface area contributed by atoms with Crippen LogP contribution in [0.5, 0.6) is 17.2 Å². The van der Waals surface area contributed by atoms with E-state index in [4.69, 9.17) is 42.6 Å². The maximum atomic E-state index is 13.0. The molecule has 3 aromatic rings. The van der Waals surface area contributed by atoms with Crippen LogP contribution in [0.15, 0.2) is 92.5 Å². The van der Waals surface area contributed by atoms with Gasteiger partial charge in [0, 0.05) is 19.3 Å². The summed E-state index contributed by atoms with van der Waals surface area (Å²) in [6.45, 7) is 12.8. The zero-order valence-electron chi connectivity index (χ0n) is 48.9. The summed E-state index contributed by atoms with van der Waals surface area (Å²) in [7, 11) is 3.99. The number of hydrogen-bond donors (Lipinski definition) is 0. The largest absolute Gasteiger partial charge is 0.494 e. The molecule has 81 heavy (non-hydrogen) atoms. The molecule has 15 nitrogen and oxygen atoms in total. The van der Waals surface area contributed by atoms with E-state index in [-0.39, 0.29) is 44.4 Å². The van der Waals surface area contributed by atoms with Gasteiger partial charge in [0.1, 0.15) is 30.5 Å². The van der Waals surface area contributed by atoms with E-state index in [1.807, 2.05) is 36.4 Å². The maximum Gasteiger partial charge on any atom is 0.337 e. The highest BCUT2D eigenvalue weighted by Gasteiger charge is 2.20. The van der Waals surface area contributed by atoms with Crippen LogP contribution >= 0.6 is 0 Å². The normalized spacial score (nSPS) is 10.8. The van der Waals surface area contributed by atoms with Crippen molar-refractivity contribution in [2.75, 3.05) is 54.4 Å². The summed E-state index contributed by atoms with van der Waals surface area (Å²) in [4.78, 5) is 73.5. The van der Waals surface area contributed by atoms with Crippen molar-refractivity contribution in [3.05, 3.63) is 109 Å². The SMILES string of the molecule is C=C(C(=O)OC)c1ccc(OCCCCCCCCCCC(=O)OCC(COC(=O)CCCCCCCCCCOc2ccc(C(=C)C(=O)OC)cc2)OC(=O)CCCCCCCCCCOc2ccc(C(=C)C(=O)OC)cc2)cc1. The minimum Gasteiger partial charge on any atom is -0.494 e. The molecule has 0 atom stereocenters. The fraction of sp³-hybridized carbons (Fsp3) is 0.545. The third-order valence-electron chi connectivity index (χ3n) is 13.7. The minimum absolute atomic E-state index is 0.170. The summed E-state index contributed by atoms with van der Waals surface area (Å²) in [6.07, 6.45) is 23.5. The van der Waals surface area contributed by atoms with Crippen molar-refractivity contribution < 1.29 is 71.4 Å². The number of unbranched alkanes of at least 4 members (excludes halogenated alkanes) is 21. The Hall–Kier alpha value is -6.90. The molecule has 0 radical (unpaired) electrons. The van der Waals surface area contributed by atoms with E-state index in [1.165, 1.54) is 21.3 Å². The van der Waals surface area contributed by atoms with Crippen molar-refractivity contribution in [3.8, 4) is 17.2 Å². The number of ether oxygens (including phenoxy) is 9. The van der Waals surface area contributed by atoms with Crippen LogP contribution in [0.25, 0.3) is 16.7 Å². The zero-order valence-corrected chi connectivity index (χ0v) is 48.9. The Bertz CT molecular complexity index is 2210. The van der Waals surface area contributed by atoms with Crippen LogP contribution in [0.4, 0.5) is 0 Å². The van der Waals surface area contributed by atoms with Crippen molar-refractivity contribution in [1.82, 2.24) is 0 Å². The fourth-order valence-electron chi connectivity index (χ4n) is 8.72. The van der Waals surface area contributed by atoms with Crippen LogP contribution < -0.4 is 14.2 Å². The van der Waals surface area contributed by atoms with Crippen molar-refractivity contribution in [1.29, 1.82) is 0 Å². The van der Waals surface area contributed by atoms with Gasteiger partial charge in [0.05, 0.1) is 57.9 Å². The van der Waals surface area contributed by atoms with Gasteiger partial charge >= 0.3 is 35.8 Å². The first kappa shape index (κ1) is 68.4. The smallest absolute Gasteiger partial charge is 0.337 e. The van der Waals surface area contributed by atoms with Crippen LogP contribution in [0.3, 0.4) is 0 Å². The fourth-order valence-corrected chi connectivity index (χ4v) is 8.72. The molecule has 0 unspecified atom stereocenters. The van der Waals surface area contributed by atoms with Gasteiger partial charge in [0.15, 0.2) is 6.10 Å². The highest BCUT2D eigenvalue weighted by atomic mass is 16.6. The van der Waals surface area contributed by atoms with Gasteiger partial charge in [-0.1, -0.05) is 172 Å². The second-order valence-electron chi connectivity index (χ2n) is 20.2. The number of carbonyl (C=O) groups excluding carboxylic acids is 6. The molecule has 0 aliphatic rings. The second kappa shape index (κ2) is 42.9. The molecule has 3 rings (SSSR count). The second-order valence-corrected chi connectivity index (χ2v) is 20.2. The van der Waals surface area contributed by atoms with Crippen LogP contribution in [0.2, 0.25) is 0 Å². The quantitative estimate of drug-likeness (QED) is 0.0225. The summed E-state index contributed by atoms with van der Waals surface area (Å²) in [5.41, 5.74) is 3.01. The highest BCUT2D eigenvalue weighted by molar-refractivity contribution is 6.16. The predicted octanol–water partition coefficient (Wildman–Crippen LogP) is 14.3. The van der Waals surface area contributed by atoms with Crippen molar-refractivity contribution in [3.63, 3.8) is 0 Å². The summed E-state index contributed by atoms with van der Waals surface area (Å²) in [5, 5.41) is 0. The van der Waals surface area contributed by atoms with Crippen molar-refractivity contribution in [2.24, 2.45) is 0 Å². The van der Waals surface area contributed by atoms with E-state index in [1.54, 1.807) is 36.4 Å². The van der Waals surface area contributed by atoms with Crippen LogP contribution in [-0.2, 0) is 57.2 Å². The third-order valence-corrected chi connectivity index (χ3v) is 13.7. The Labute approximate surface area is 482 Å². The summed E-state index contributed by atoms with van der Waals surface area (Å²) >= 11 is 0. The molecule has 0 saturated heterocycles. The molecule has 446 valence electrons. The molecular weight excluding hydrogens is 1030 g/mol. The zero-order chi connectivity index (χ0) is 58.7. The van der Waals surface area contributed by atoms with Crippen molar-refractivity contribution in [2.45, 2.75) is 179 Å². The van der Waals surface area contributed by atoms with E-state index in [0.717, 1.165) is 152 Å². The van der Waals surface area contributed by atoms with E-state index >= 15 is 0 Å². The molecule has 0 aliphatic heterocycles.